The van der Waals surface area contributed by atoms with Gasteiger partial charge < -0.3 is 21.7 Å². The van der Waals surface area contributed by atoms with Crippen LogP contribution in [0.5, 0.6) is 0 Å². The third kappa shape index (κ3) is 4.59. The molecule has 0 fully saturated rings. The molecule has 0 aliphatic carbocycles. The molecule has 0 aromatic heterocycles. The van der Waals surface area contributed by atoms with Gasteiger partial charge in [-0.2, -0.15) is 0 Å². The van der Waals surface area contributed by atoms with E-state index in [1.165, 1.54) is 0 Å². The van der Waals surface area contributed by atoms with Gasteiger partial charge in [0, 0.05) is 18.7 Å². The molecule has 2 amide bonds. The van der Waals surface area contributed by atoms with Crippen molar-refractivity contribution in [2.75, 3.05) is 22.5 Å². The Morgan fingerprint density at radius 2 is 1.84 bits per heavy atom. The molecular formula is C26H28N4O2. The van der Waals surface area contributed by atoms with Crippen molar-refractivity contribution in [2.45, 2.75) is 32.7 Å². The van der Waals surface area contributed by atoms with E-state index >= 15 is 0 Å². The van der Waals surface area contributed by atoms with E-state index in [1.807, 2.05) is 43.3 Å². The molecule has 4 rings (SSSR count). The number of amides is 2. The van der Waals surface area contributed by atoms with Crippen molar-refractivity contribution < 1.29 is 9.59 Å². The first-order valence-electron chi connectivity index (χ1n) is 10.8. The molecule has 1 unspecified atom stereocenters. The van der Waals surface area contributed by atoms with Crippen LogP contribution in [0, 0.1) is 6.92 Å². The van der Waals surface area contributed by atoms with Crippen molar-refractivity contribution in [3.63, 3.8) is 0 Å². The standard InChI is InChI=1S/C26H28N4O2/c1-16-12-20-17(2)10-11-28-24(20)21(13-16)26(32)30-23-14-19(25(27)31)8-9-22(23)29-15-18-6-4-3-5-7-18/h3-9,12-14,17,28-29H,10-11,15H2,1-2H3,(H2,27,31)(H,30,32). The molecule has 164 valence electrons. The number of nitrogens with one attached hydrogen (secondary N) is 3. The first-order valence-corrected chi connectivity index (χ1v) is 10.8. The van der Waals surface area contributed by atoms with Crippen LogP contribution >= 0.6 is 0 Å². The topological polar surface area (TPSA) is 96.2 Å². The quantitative estimate of drug-likeness (QED) is 0.450. The molecule has 1 aliphatic rings. The molecule has 5 N–H and O–H groups in total. The van der Waals surface area contributed by atoms with Gasteiger partial charge in [-0.25, -0.2) is 0 Å². The number of benzene rings is 3. The van der Waals surface area contributed by atoms with Crippen molar-refractivity contribution in [3.05, 3.63) is 88.5 Å². The zero-order valence-corrected chi connectivity index (χ0v) is 18.4. The first kappa shape index (κ1) is 21.4. The summed E-state index contributed by atoms with van der Waals surface area (Å²) in [4.78, 5) is 25.1. The number of fused-ring (bicyclic) bond motifs is 1. The minimum Gasteiger partial charge on any atom is -0.384 e. The predicted octanol–water partition coefficient (Wildman–Crippen LogP) is 4.88. The fourth-order valence-electron chi connectivity index (χ4n) is 4.09. The van der Waals surface area contributed by atoms with E-state index in [0.717, 1.165) is 41.0 Å². The summed E-state index contributed by atoms with van der Waals surface area (Å²) < 4.78 is 0. The lowest BCUT2D eigenvalue weighted by Crippen LogP contribution is -2.22. The maximum atomic E-state index is 13.4. The van der Waals surface area contributed by atoms with E-state index in [9.17, 15) is 9.59 Å². The first-order chi connectivity index (χ1) is 15.4. The normalized spacial score (nSPS) is 14.8. The lowest BCUT2D eigenvalue weighted by atomic mass is 9.89. The summed E-state index contributed by atoms with van der Waals surface area (Å²) in [5.41, 5.74) is 11.8. The second-order valence-electron chi connectivity index (χ2n) is 8.31. The summed E-state index contributed by atoms with van der Waals surface area (Å²) in [6.45, 7) is 5.60. The molecular weight excluding hydrogens is 400 g/mol. The number of rotatable bonds is 6. The minimum atomic E-state index is -0.543. The Morgan fingerprint density at radius 1 is 1.06 bits per heavy atom. The van der Waals surface area contributed by atoms with Crippen molar-refractivity contribution >= 4 is 28.9 Å². The monoisotopic (exact) mass is 428 g/mol. The third-order valence-electron chi connectivity index (χ3n) is 5.85. The number of primary amides is 1. The van der Waals surface area contributed by atoms with Gasteiger partial charge in [0.15, 0.2) is 0 Å². The van der Waals surface area contributed by atoms with Crippen LogP contribution in [0.2, 0.25) is 0 Å². The molecule has 6 heteroatoms. The molecule has 3 aromatic rings. The van der Waals surface area contributed by atoms with Crippen LogP contribution in [-0.4, -0.2) is 18.4 Å². The highest BCUT2D eigenvalue weighted by Gasteiger charge is 2.23. The number of hydrogen-bond donors (Lipinski definition) is 4. The molecule has 1 atom stereocenters. The molecule has 32 heavy (non-hydrogen) atoms. The van der Waals surface area contributed by atoms with E-state index in [4.69, 9.17) is 5.73 Å². The number of hydrogen-bond acceptors (Lipinski definition) is 4. The molecule has 0 bridgehead atoms. The maximum Gasteiger partial charge on any atom is 0.257 e. The Morgan fingerprint density at radius 3 is 2.59 bits per heavy atom. The lowest BCUT2D eigenvalue weighted by Gasteiger charge is -2.26. The Kier molecular flexibility index (Phi) is 6.12. The Labute approximate surface area is 188 Å². The van der Waals surface area contributed by atoms with E-state index in [1.54, 1.807) is 18.2 Å². The van der Waals surface area contributed by atoms with E-state index in [0.29, 0.717) is 29.3 Å². The molecule has 6 nitrogen and oxygen atoms in total. The van der Waals surface area contributed by atoms with Crippen molar-refractivity contribution in [3.8, 4) is 0 Å². The van der Waals surface area contributed by atoms with Gasteiger partial charge in [0.05, 0.1) is 22.6 Å². The SMILES string of the molecule is Cc1cc(C(=O)Nc2cc(C(N)=O)ccc2NCc2ccccc2)c2c(c1)C(C)CCN2. The van der Waals surface area contributed by atoms with Crippen LogP contribution in [0.4, 0.5) is 17.1 Å². The summed E-state index contributed by atoms with van der Waals surface area (Å²) in [7, 11) is 0. The van der Waals surface area contributed by atoms with Gasteiger partial charge in [0.2, 0.25) is 5.91 Å². The van der Waals surface area contributed by atoms with Gasteiger partial charge >= 0.3 is 0 Å². The largest absolute Gasteiger partial charge is 0.384 e. The summed E-state index contributed by atoms with van der Waals surface area (Å²) in [5.74, 6) is -0.381. The summed E-state index contributed by atoms with van der Waals surface area (Å²) in [6, 6.07) is 19.0. The number of aryl methyl sites for hydroxylation is 1. The second-order valence-corrected chi connectivity index (χ2v) is 8.31. The van der Waals surface area contributed by atoms with Crippen LogP contribution in [-0.2, 0) is 6.54 Å². The number of anilines is 3. The number of carbonyl (C=O) groups is 2. The van der Waals surface area contributed by atoms with Crippen molar-refractivity contribution in [1.82, 2.24) is 0 Å². The third-order valence-corrected chi connectivity index (χ3v) is 5.85. The zero-order valence-electron chi connectivity index (χ0n) is 18.4. The molecule has 3 aromatic carbocycles. The Bertz CT molecular complexity index is 1160. The van der Waals surface area contributed by atoms with Gasteiger partial charge in [0.1, 0.15) is 0 Å². The van der Waals surface area contributed by atoms with Crippen molar-refractivity contribution in [1.29, 1.82) is 0 Å². The summed E-state index contributed by atoms with van der Waals surface area (Å²) in [6.07, 6.45) is 1.03. The molecule has 1 aliphatic heterocycles. The van der Waals surface area contributed by atoms with Gasteiger partial charge in [-0.15, -0.1) is 0 Å². The van der Waals surface area contributed by atoms with E-state index in [-0.39, 0.29) is 5.91 Å². The van der Waals surface area contributed by atoms with Gasteiger partial charge in [0.25, 0.3) is 5.91 Å². The molecule has 0 saturated carbocycles. The highest BCUT2D eigenvalue weighted by Crippen LogP contribution is 2.35. The predicted molar refractivity (Wildman–Crippen MR) is 129 cm³/mol. The van der Waals surface area contributed by atoms with Crippen LogP contribution in [0.3, 0.4) is 0 Å². The summed E-state index contributed by atoms with van der Waals surface area (Å²) in [5, 5.41) is 9.75. The van der Waals surface area contributed by atoms with Gasteiger partial charge in [-0.3, -0.25) is 9.59 Å². The molecule has 0 spiro atoms. The minimum absolute atomic E-state index is 0.226. The highest BCUT2D eigenvalue weighted by molar-refractivity contribution is 6.10. The molecule has 0 saturated heterocycles. The number of nitrogens with two attached hydrogens (primary N) is 1. The van der Waals surface area contributed by atoms with Crippen LogP contribution < -0.4 is 21.7 Å². The smallest absolute Gasteiger partial charge is 0.257 e. The van der Waals surface area contributed by atoms with Crippen LogP contribution in [0.15, 0.2) is 60.7 Å². The van der Waals surface area contributed by atoms with Crippen LogP contribution in [0.25, 0.3) is 0 Å². The van der Waals surface area contributed by atoms with E-state index in [2.05, 4.69) is 28.9 Å². The Balaban J connectivity index is 1.65. The average Bonchev–Trinajstić information content (AvgIpc) is 2.79. The van der Waals surface area contributed by atoms with Gasteiger partial charge in [-0.05, 0) is 60.2 Å². The molecule has 1 heterocycles. The van der Waals surface area contributed by atoms with E-state index < -0.39 is 5.91 Å². The maximum absolute atomic E-state index is 13.4. The van der Waals surface area contributed by atoms with Gasteiger partial charge in [-0.1, -0.05) is 43.3 Å². The molecule has 0 radical (unpaired) electrons. The second kappa shape index (κ2) is 9.14. The highest BCUT2D eigenvalue weighted by atomic mass is 16.2. The van der Waals surface area contributed by atoms with Crippen molar-refractivity contribution in [2.24, 2.45) is 5.73 Å². The zero-order chi connectivity index (χ0) is 22.7. The fourth-order valence-corrected chi connectivity index (χ4v) is 4.09. The number of carbonyl (C=O) groups excluding carboxylic acids is 2. The van der Waals surface area contributed by atoms with Crippen LogP contribution in [0.1, 0.15) is 56.7 Å². The Hall–Kier alpha value is -3.80. The lowest BCUT2D eigenvalue weighted by molar-refractivity contribution is 0.0996. The summed E-state index contributed by atoms with van der Waals surface area (Å²) >= 11 is 0. The fraction of sp³-hybridized carbons (Fsp3) is 0.231. The average molecular weight is 429 g/mol.